The van der Waals surface area contributed by atoms with E-state index >= 15 is 0 Å². The van der Waals surface area contributed by atoms with Crippen LogP contribution in [0.1, 0.15) is 23.2 Å². The van der Waals surface area contributed by atoms with Gasteiger partial charge in [0.1, 0.15) is 0 Å². The van der Waals surface area contributed by atoms with Gasteiger partial charge in [-0.1, -0.05) is 6.07 Å². The van der Waals surface area contributed by atoms with E-state index in [1.54, 1.807) is 4.90 Å². The predicted octanol–water partition coefficient (Wildman–Crippen LogP) is 2.13. The Kier molecular flexibility index (Phi) is 4.06. The van der Waals surface area contributed by atoms with Crippen molar-refractivity contribution in [2.24, 2.45) is 5.92 Å². The second kappa shape index (κ2) is 5.75. The van der Waals surface area contributed by atoms with Crippen LogP contribution in [0.4, 0.5) is 5.69 Å². The molecule has 4 heteroatoms. The fourth-order valence-electron chi connectivity index (χ4n) is 2.37. The quantitative estimate of drug-likeness (QED) is 0.815. The summed E-state index contributed by atoms with van der Waals surface area (Å²) < 4.78 is 0. The largest absolute Gasteiger partial charge is 0.378 e. The molecular weight excluding hydrogens is 238 g/mol. The molecule has 1 aromatic carbocycles. The lowest BCUT2D eigenvalue weighted by Gasteiger charge is -2.29. The summed E-state index contributed by atoms with van der Waals surface area (Å²) in [6, 6.07) is 9.88. The third-order valence-corrected chi connectivity index (χ3v) is 3.50. The average Bonchev–Trinajstić information content (AvgIpc) is 2.46. The van der Waals surface area contributed by atoms with Crippen molar-refractivity contribution in [2.45, 2.75) is 12.8 Å². The maximum absolute atomic E-state index is 12.4. The number of piperidine rings is 1. The van der Waals surface area contributed by atoms with Crippen LogP contribution in [-0.2, 0) is 0 Å². The zero-order valence-corrected chi connectivity index (χ0v) is 11.5. The van der Waals surface area contributed by atoms with Crippen LogP contribution >= 0.6 is 0 Å². The molecule has 4 nitrogen and oxygen atoms in total. The van der Waals surface area contributed by atoms with Crippen molar-refractivity contribution in [2.75, 3.05) is 32.1 Å². The summed E-state index contributed by atoms with van der Waals surface area (Å²) in [6.45, 7) is 1.31. The van der Waals surface area contributed by atoms with Crippen LogP contribution in [-0.4, -0.2) is 38.0 Å². The first kappa shape index (κ1) is 13.4. The van der Waals surface area contributed by atoms with Crippen LogP contribution in [0.5, 0.6) is 0 Å². The summed E-state index contributed by atoms with van der Waals surface area (Å²) in [5, 5.41) is 8.98. The first-order valence-electron chi connectivity index (χ1n) is 6.58. The van der Waals surface area contributed by atoms with E-state index in [9.17, 15) is 4.79 Å². The molecule has 1 aliphatic heterocycles. The molecule has 19 heavy (non-hydrogen) atoms. The summed E-state index contributed by atoms with van der Waals surface area (Å²) in [7, 11) is 3.91. The lowest BCUT2D eigenvalue weighted by molar-refractivity contribution is 0.0699. The number of amides is 1. The molecule has 0 saturated carbocycles. The van der Waals surface area contributed by atoms with Crippen molar-refractivity contribution in [3.05, 3.63) is 29.8 Å². The molecule has 1 fully saturated rings. The maximum atomic E-state index is 12.4. The zero-order valence-electron chi connectivity index (χ0n) is 11.5. The standard InChI is InChI=1S/C15H19N3O/c1-17(2)14-7-3-6-13(9-14)15(19)18-8-4-5-12(10-16)11-18/h3,6-7,9,12H,4-5,8,11H2,1-2H3. The monoisotopic (exact) mass is 257 g/mol. The van der Waals surface area contributed by atoms with Crippen LogP contribution < -0.4 is 4.90 Å². The van der Waals surface area contributed by atoms with E-state index in [1.807, 2.05) is 43.3 Å². The Morgan fingerprint density at radius 1 is 1.47 bits per heavy atom. The number of nitrogens with zero attached hydrogens (tertiary/aromatic N) is 3. The van der Waals surface area contributed by atoms with Crippen LogP contribution in [0.25, 0.3) is 0 Å². The fourth-order valence-corrected chi connectivity index (χ4v) is 2.37. The molecule has 0 radical (unpaired) electrons. The smallest absolute Gasteiger partial charge is 0.253 e. The van der Waals surface area contributed by atoms with Crippen LogP contribution in [0.3, 0.4) is 0 Å². The number of nitriles is 1. The van der Waals surface area contributed by atoms with Gasteiger partial charge in [-0.2, -0.15) is 5.26 Å². The lowest BCUT2D eigenvalue weighted by Crippen LogP contribution is -2.39. The number of benzene rings is 1. The predicted molar refractivity (Wildman–Crippen MR) is 75.0 cm³/mol. The molecule has 0 bridgehead atoms. The third-order valence-electron chi connectivity index (χ3n) is 3.50. The Morgan fingerprint density at radius 3 is 2.95 bits per heavy atom. The van der Waals surface area contributed by atoms with Gasteiger partial charge in [0.2, 0.25) is 0 Å². The normalized spacial score (nSPS) is 18.8. The molecule has 1 heterocycles. The van der Waals surface area contributed by atoms with Gasteiger partial charge in [0.25, 0.3) is 5.91 Å². The highest BCUT2D eigenvalue weighted by Crippen LogP contribution is 2.20. The number of carbonyl (C=O) groups excluding carboxylic acids is 1. The van der Waals surface area contributed by atoms with E-state index in [-0.39, 0.29) is 11.8 Å². The molecule has 1 saturated heterocycles. The minimum Gasteiger partial charge on any atom is -0.378 e. The number of hydrogen-bond donors (Lipinski definition) is 0. The molecule has 0 spiro atoms. The Morgan fingerprint density at radius 2 is 2.26 bits per heavy atom. The second-order valence-corrected chi connectivity index (χ2v) is 5.16. The van der Waals surface area contributed by atoms with Crippen LogP contribution in [0, 0.1) is 17.2 Å². The lowest BCUT2D eigenvalue weighted by atomic mass is 9.99. The van der Waals surface area contributed by atoms with Gasteiger partial charge in [-0.05, 0) is 31.0 Å². The Balaban J connectivity index is 2.15. The van der Waals surface area contributed by atoms with E-state index in [4.69, 9.17) is 5.26 Å². The Hall–Kier alpha value is -2.02. The van der Waals surface area contributed by atoms with E-state index in [0.717, 1.165) is 25.1 Å². The first-order chi connectivity index (χ1) is 9.11. The van der Waals surface area contributed by atoms with Gasteiger partial charge in [-0.25, -0.2) is 0 Å². The second-order valence-electron chi connectivity index (χ2n) is 5.16. The summed E-state index contributed by atoms with van der Waals surface area (Å²) in [5.74, 6) is 0.0124. The summed E-state index contributed by atoms with van der Waals surface area (Å²) in [6.07, 6.45) is 1.81. The zero-order chi connectivity index (χ0) is 13.8. The SMILES string of the molecule is CN(C)c1cccc(C(=O)N2CCCC(C#N)C2)c1. The minimum absolute atomic E-state index is 0.0188. The van der Waals surface area contributed by atoms with Crippen LogP contribution in [0.15, 0.2) is 24.3 Å². The number of anilines is 1. The van der Waals surface area contributed by atoms with Crippen molar-refractivity contribution in [1.82, 2.24) is 4.90 Å². The van der Waals surface area contributed by atoms with Gasteiger partial charge >= 0.3 is 0 Å². The molecule has 0 N–H and O–H groups in total. The molecule has 100 valence electrons. The van der Waals surface area contributed by atoms with Crippen molar-refractivity contribution in [1.29, 1.82) is 5.26 Å². The van der Waals surface area contributed by atoms with Gasteiger partial charge in [-0.15, -0.1) is 0 Å². The van der Waals surface area contributed by atoms with Crippen molar-refractivity contribution >= 4 is 11.6 Å². The van der Waals surface area contributed by atoms with E-state index in [1.165, 1.54) is 0 Å². The molecular formula is C15H19N3O. The Bertz CT molecular complexity index is 504. The number of rotatable bonds is 2. The average molecular weight is 257 g/mol. The minimum atomic E-state index is -0.0188. The highest BCUT2D eigenvalue weighted by atomic mass is 16.2. The molecule has 1 unspecified atom stereocenters. The Labute approximate surface area is 114 Å². The highest BCUT2D eigenvalue weighted by molar-refractivity contribution is 5.95. The molecule has 1 atom stereocenters. The third kappa shape index (κ3) is 3.05. The van der Waals surface area contributed by atoms with Gasteiger partial charge < -0.3 is 9.80 Å². The van der Waals surface area contributed by atoms with E-state index in [2.05, 4.69) is 6.07 Å². The first-order valence-corrected chi connectivity index (χ1v) is 6.58. The van der Waals surface area contributed by atoms with E-state index in [0.29, 0.717) is 12.1 Å². The van der Waals surface area contributed by atoms with Gasteiger partial charge in [0, 0.05) is 38.4 Å². The summed E-state index contributed by atoms with van der Waals surface area (Å²) in [4.78, 5) is 16.2. The van der Waals surface area contributed by atoms with E-state index < -0.39 is 0 Å². The molecule has 1 aliphatic rings. The van der Waals surface area contributed by atoms with Gasteiger partial charge in [-0.3, -0.25) is 4.79 Å². The summed E-state index contributed by atoms with van der Waals surface area (Å²) in [5.41, 5.74) is 1.71. The highest BCUT2D eigenvalue weighted by Gasteiger charge is 2.24. The van der Waals surface area contributed by atoms with Crippen LogP contribution in [0.2, 0.25) is 0 Å². The topological polar surface area (TPSA) is 47.3 Å². The van der Waals surface area contributed by atoms with Gasteiger partial charge in [0.05, 0.1) is 12.0 Å². The van der Waals surface area contributed by atoms with Crippen molar-refractivity contribution in [3.63, 3.8) is 0 Å². The molecule has 2 rings (SSSR count). The molecule has 0 aromatic heterocycles. The number of carbonyl (C=O) groups is 1. The van der Waals surface area contributed by atoms with Gasteiger partial charge in [0.15, 0.2) is 0 Å². The summed E-state index contributed by atoms with van der Waals surface area (Å²) >= 11 is 0. The molecule has 0 aliphatic carbocycles. The van der Waals surface area contributed by atoms with Crippen molar-refractivity contribution < 1.29 is 4.79 Å². The number of likely N-dealkylation sites (tertiary alicyclic amines) is 1. The molecule has 1 aromatic rings. The number of hydrogen-bond acceptors (Lipinski definition) is 3. The fraction of sp³-hybridized carbons (Fsp3) is 0.467. The maximum Gasteiger partial charge on any atom is 0.253 e. The van der Waals surface area contributed by atoms with Crippen molar-refractivity contribution in [3.8, 4) is 6.07 Å². The molecule has 1 amide bonds.